The van der Waals surface area contributed by atoms with Gasteiger partial charge in [-0.3, -0.25) is 4.79 Å². The molecule has 2 aromatic heterocycles. The maximum atomic E-state index is 12.2. The topological polar surface area (TPSA) is 56.1 Å². The first-order valence-corrected chi connectivity index (χ1v) is 10.9. The number of carbonyl (C=O) groups excluding carboxylic acids is 1. The Morgan fingerprint density at radius 2 is 1.90 bits per heavy atom. The maximum absolute atomic E-state index is 12.2. The summed E-state index contributed by atoms with van der Waals surface area (Å²) >= 11 is 1.45. The van der Waals surface area contributed by atoms with Crippen LogP contribution in [0.25, 0.3) is 11.0 Å². The van der Waals surface area contributed by atoms with E-state index in [2.05, 4.69) is 48.0 Å². The van der Waals surface area contributed by atoms with Crippen LogP contribution in [0.2, 0.25) is 0 Å². The number of thiophene rings is 1. The van der Waals surface area contributed by atoms with E-state index in [1.165, 1.54) is 22.5 Å². The lowest BCUT2D eigenvalue weighted by atomic mass is 10.1. The number of hydrogen-bond donors (Lipinski definition) is 1. The predicted molar refractivity (Wildman–Crippen MR) is 122 cm³/mol. The third-order valence-electron chi connectivity index (χ3n) is 4.89. The van der Waals surface area contributed by atoms with Crippen LogP contribution in [-0.2, 0) is 13.0 Å². The van der Waals surface area contributed by atoms with E-state index in [1.54, 1.807) is 0 Å². The van der Waals surface area contributed by atoms with E-state index < -0.39 is 0 Å². The standard InChI is InChI=1S/C24H25N3O2S/c1-17-14-18(2)16-19(15-17)29-12-11-27-21-7-4-3-6-20(21)26-23(27)9-10-25-24(28)22-8-5-13-30-22/h3-8,13-16H,9-12H2,1-2H3,(H,25,28). The molecule has 0 bridgehead atoms. The molecule has 0 unspecified atom stereocenters. The lowest BCUT2D eigenvalue weighted by Gasteiger charge is -2.12. The number of para-hydroxylation sites is 2. The van der Waals surface area contributed by atoms with Crippen LogP contribution in [0, 0.1) is 13.8 Å². The molecule has 0 aliphatic rings. The van der Waals surface area contributed by atoms with Crippen molar-refractivity contribution in [2.24, 2.45) is 0 Å². The van der Waals surface area contributed by atoms with Gasteiger partial charge in [-0.05, 0) is 60.7 Å². The number of ether oxygens (including phenoxy) is 1. The second-order valence-corrected chi connectivity index (χ2v) is 8.27. The number of carbonyl (C=O) groups is 1. The van der Waals surface area contributed by atoms with Gasteiger partial charge in [-0.2, -0.15) is 0 Å². The number of nitrogens with one attached hydrogen (secondary N) is 1. The molecule has 5 nitrogen and oxygen atoms in total. The summed E-state index contributed by atoms with van der Waals surface area (Å²) in [5, 5.41) is 4.89. The van der Waals surface area contributed by atoms with Crippen LogP contribution in [0.1, 0.15) is 26.6 Å². The molecule has 154 valence electrons. The fraction of sp³-hybridized carbons (Fsp3) is 0.250. The minimum Gasteiger partial charge on any atom is -0.492 e. The van der Waals surface area contributed by atoms with Crippen LogP contribution in [0.4, 0.5) is 0 Å². The Kier molecular flexibility index (Phi) is 6.14. The Morgan fingerprint density at radius 3 is 2.67 bits per heavy atom. The van der Waals surface area contributed by atoms with Crippen molar-refractivity contribution in [3.05, 3.63) is 81.8 Å². The lowest BCUT2D eigenvalue weighted by molar-refractivity contribution is 0.0958. The van der Waals surface area contributed by atoms with Gasteiger partial charge in [-0.15, -0.1) is 11.3 Å². The predicted octanol–water partition coefficient (Wildman–Crippen LogP) is 4.77. The molecule has 0 spiro atoms. The summed E-state index contributed by atoms with van der Waals surface area (Å²) in [5.41, 5.74) is 4.44. The molecule has 6 heteroatoms. The summed E-state index contributed by atoms with van der Waals surface area (Å²) in [6, 6.07) is 18.1. The number of hydrogen-bond acceptors (Lipinski definition) is 4. The molecule has 0 saturated carbocycles. The largest absolute Gasteiger partial charge is 0.492 e. The summed E-state index contributed by atoms with van der Waals surface area (Å²) in [7, 11) is 0. The number of aromatic nitrogens is 2. The van der Waals surface area contributed by atoms with Crippen molar-refractivity contribution in [2.75, 3.05) is 13.2 Å². The van der Waals surface area contributed by atoms with Crippen LogP contribution in [-0.4, -0.2) is 28.6 Å². The minimum absolute atomic E-state index is 0.0363. The van der Waals surface area contributed by atoms with Crippen molar-refractivity contribution in [3.63, 3.8) is 0 Å². The molecule has 2 heterocycles. The maximum Gasteiger partial charge on any atom is 0.261 e. The van der Waals surface area contributed by atoms with Gasteiger partial charge in [0.2, 0.25) is 0 Å². The summed E-state index contributed by atoms with van der Waals surface area (Å²) in [5.74, 6) is 1.80. The Morgan fingerprint density at radius 1 is 1.10 bits per heavy atom. The van der Waals surface area contributed by atoms with Gasteiger partial charge in [0.05, 0.1) is 22.5 Å². The number of fused-ring (bicyclic) bond motifs is 1. The van der Waals surface area contributed by atoms with E-state index in [0.29, 0.717) is 26.1 Å². The monoisotopic (exact) mass is 419 g/mol. The zero-order valence-corrected chi connectivity index (χ0v) is 18.0. The Bertz CT molecular complexity index is 1130. The molecule has 0 aliphatic heterocycles. The van der Waals surface area contributed by atoms with Crippen molar-refractivity contribution in [2.45, 2.75) is 26.8 Å². The van der Waals surface area contributed by atoms with Gasteiger partial charge < -0.3 is 14.6 Å². The number of aryl methyl sites for hydroxylation is 2. The first kappa shape index (κ1) is 20.2. The van der Waals surface area contributed by atoms with Crippen molar-refractivity contribution < 1.29 is 9.53 Å². The van der Waals surface area contributed by atoms with Crippen LogP contribution in [0.3, 0.4) is 0 Å². The molecule has 0 atom stereocenters. The van der Waals surface area contributed by atoms with E-state index in [1.807, 2.05) is 35.7 Å². The average molecular weight is 420 g/mol. The van der Waals surface area contributed by atoms with Gasteiger partial charge in [0, 0.05) is 13.0 Å². The summed E-state index contributed by atoms with van der Waals surface area (Å²) in [6.45, 7) is 5.94. The highest BCUT2D eigenvalue weighted by Gasteiger charge is 2.12. The molecule has 0 radical (unpaired) electrons. The van der Waals surface area contributed by atoms with Crippen molar-refractivity contribution in [3.8, 4) is 5.75 Å². The van der Waals surface area contributed by atoms with Gasteiger partial charge in [-0.1, -0.05) is 24.3 Å². The summed E-state index contributed by atoms with van der Waals surface area (Å²) < 4.78 is 8.21. The molecule has 0 aliphatic carbocycles. The number of imidazole rings is 1. The smallest absolute Gasteiger partial charge is 0.261 e. The molecular weight excluding hydrogens is 394 g/mol. The van der Waals surface area contributed by atoms with Crippen LogP contribution in [0.5, 0.6) is 5.75 Å². The molecule has 0 saturated heterocycles. The highest BCUT2D eigenvalue weighted by atomic mass is 32.1. The number of nitrogens with zero attached hydrogens (tertiary/aromatic N) is 2. The SMILES string of the molecule is Cc1cc(C)cc(OCCn2c(CCNC(=O)c3cccs3)nc3ccccc32)c1. The zero-order chi connectivity index (χ0) is 20.9. The van der Waals surface area contributed by atoms with Crippen LogP contribution >= 0.6 is 11.3 Å². The van der Waals surface area contributed by atoms with Gasteiger partial charge >= 0.3 is 0 Å². The zero-order valence-electron chi connectivity index (χ0n) is 17.2. The molecule has 4 rings (SSSR count). The fourth-order valence-corrected chi connectivity index (χ4v) is 4.26. The van der Waals surface area contributed by atoms with E-state index in [9.17, 15) is 4.79 Å². The normalized spacial score (nSPS) is 11.0. The van der Waals surface area contributed by atoms with Gasteiger partial charge in [0.1, 0.15) is 18.2 Å². The summed E-state index contributed by atoms with van der Waals surface area (Å²) in [6.07, 6.45) is 0.662. The lowest BCUT2D eigenvalue weighted by Crippen LogP contribution is -2.26. The van der Waals surface area contributed by atoms with Crippen molar-refractivity contribution >= 4 is 28.3 Å². The first-order chi connectivity index (χ1) is 14.6. The number of amides is 1. The second kappa shape index (κ2) is 9.13. The molecular formula is C24H25N3O2S. The van der Waals surface area contributed by atoms with E-state index in [4.69, 9.17) is 9.72 Å². The van der Waals surface area contributed by atoms with E-state index >= 15 is 0 Å². The quantitative estimate of drug-likeness (QED) is 0.448. The molecule has 4 aromatic rings. The Balaban J connectivity index is 1.44. The highest BCUT2D eigenvalue weighted by molar-refractivity contribution is 7.12. The number of rotatable bonds is 8. The Hall–Kier alpha value is -3.12. The van der Waals surface area contributed by atoms with E-state index in [-0.39, 0.29) is 5.91 Å². The molecule has 1 N–H and O–H groups in total. The van der Waals surface area contributed by atoms with Gasteiger partial charge in [0.15, 0.2) is 0 Å². The van der Waals surface area contributed by atoms with Crippen molar-refractivity contribution in [1.82, 2.24) is 14.9 Å². The fourth-order valence-electron chi connectivity index (χ4n) is 3.62. The molecule has 2 aromatic carbocycles. The van der Waals surface area contributed by atoms with Crippen LogP contribution < -0.4 is 10.1 Å². The first-order valence-electron chi connectivity index (χ1n) is 10.1. The van der Waals surface area contributed by atoms with Gasteiger partial charge in [-0.25, -0.2) is 4.98 Å². The highest BCUT2D eigenvalue weighted by Crippen LogP contribution is 2.19. The molecule has 0 fully saturated rings. The second-order valence-electron chi connectivity index (χ2n) is 7.32. The third-order valence-corrected chi connectivity index (χ3v) is 5.76. The average Bonchev–Trinajstić information content (AvgIpc) is 3.36. The summed E-state index contributed by atoms with van der Waals surface area (Å²) in [4.78, 5) is 17.7. The van der Waals surface area contributed by atoms with Gasteiger partial charge in [0.25, 0.3) is 5.91 Å². The number of benzene rings is 2. The molecule has 30 heavy (non-hydrogen) atoms. The van der Waals surface area contributed by atoms with E-state index in [0.717, 1.165) is 27.5 Å². The van der Waals surface area contributed by atoms with Crippen LogP contribution in [0.15, 0.2) is 60.0 Å². The third kappa shape index (κ3) is 4.71. The minimum atomic E-state index is -0.0363. The van der Waals surface area contributed by atoms with Crippen molar-refractivity contribution in [1.29, 1.82) is 0 Å². The molecule has 1 amide bonds. The Labute approximate surface area is 180 Å².